The minimum Gasteiger partial charge on any atom is -0.441 e. The average molecular weight is 383 g/mol. The predicted octanol–water partition coefficient (Wildman–Crippen LogP) is 4.85. The molecule has 1 aliphatic heterocycles. The summed E-state index contributed by atoms with van der Waals surface area (Å²) in [6, 6.07) is 7.68. The number of aromatic nitrogens is 3. The van der Waals surface area contributed by atoms with Crippen LogP contribution in [0.3, 0.4) is 0 Å². The van der Waals surface area contributed by atoms with Crippen molar-refractivity contribution in [2.75, 3.05) is 6.54 Å². The number of fused-ring (bicyclic) bond motifs is 1. The van der Waals surface area contributed by atoms with Gasteiger partial charge in [0.1, 0.15) is 5.76 Å². The second-order valence-electron chi connectivity index (χ2n) is 7.66. The molecule has 6 heteroatoms. The lowest BCUT2D eigenvalue weighted by Gasteiger charge is -2.29. The number of halogens is 1. The monoisotopic (exact) mass is 382 g/mol. The Morgan fingerprint density at radius 1 is 1.30 bits per heavy atom. The van der Waals surface area contributed by atoms with Gasteiger partial charge in [-0.3, -0.25) is 10.00 Å². The van der Waals surface area contributed by atoms with Crippen LogP contribution in [0, 0.1) is 6.92 Å². The van der Waals surface area contributed by atoms with E-state index in [-0.39, 0.29) is 0 Å². The van der Waals surface area contributed by atoms with E-state index in [1.807, 2.05) is 31.2 Å². The molecule has 0 saturated heterocycles. The lowest BCUT2D eigenvalue weighted by Crippen LogP contribution is -2.31. The van der Waals surface area contributed by atoms with Crippen molar-refractivity contribution < 1.29 is 4.42 Å². The van der Waals surface area contributed by atoms with Gasteiger partial charge < -0.3 is 4.42 Å². The quantitative estimate of drug-likeness (QED) is 0.700. The highest BCUT2D eigenvalue weighted by atomic mass is 35.5. The average Bonchev–Trinajstić information content (AvgIpc) is 3.18. The number of H-pyrrole nitrogens is 1. The fourth-order valence-electron chi connectivity index (χ4n) is 4.06. The Bertz CT molecular complexity index is 972. The Morgan fingerprint density at radius 3 is 2.93 bits per heavy atom. The fourth-order valence-corrected chi connectivity index (χ4v) is 4.28. The van der Waals surface area contributed by atoms with E-state index in [0.29, 0.717) is 16.8 Å². The van der Waals surface area contributed by atoms with Gasteiger partial charge in [0.25, 0.3) is 0 Å². The lowest BCUT2D eigenvalue weighted by atomic mass is 9.81. The Morgan fingerprint density at radius 2 is 2.15 bits per heavy atom. The van der Waals surface area contributed by atoms with E-state index in [2.05, 4.69) is 15.1 Å². The van der Waals surface area contributed by atoms with Gasteiger partial charge in [-0.1, -0.05) is 30.2 Å². The van der Waals surface area contributed by atoms with Crippen molar-refractivity contribution in [1.82, 2.24) is 20.1 Å². The zero-order valence-electron chi connectivity index (χ0n) is 15.5. The smallest absolute Gasteiger partial charge is 0.228 e. The third kappa shape index (κ3) is 3.09. The van der Waals surface area contributed by atoms with E-state index in [1.165, 1.54) is 36.2 Å². The first kappa shape index (κ1) is 17.0. The first-order valence-electron chi connectivity index (χ1n) is 9.68. The number of nitrogens with one attached hydrogen (secondary N) is 1. The van der Waals surface area contributed by atoms with E-state index in [9.17, 15) is 0 Å². The standard InChI is InChI=1S/C21H23ClN4O/c1-13-19(23-21(27-13)15-7-2-3-8-17(15)22)12-26-10-9-18-16(11-26)20(25-24-18)14-5-4-6-14/h2-3,7-8,14H,4-6,9-12H2,1H3,(H,24,25). The van der Waals surface area contributed by atoms with E-state index in [4.69, 9.17) is 21.0 Å². The Balaban J connectivity index is 1.36. The third-order valence-electron chi connectivity index (χ3n) is 5.91. The summed E-state index contributed by atoms with van der Waals surface area (Å²) in [7, 11) is 0. The van der Waals surface area contributed by atoms with Gasteiger partial charge in [-0.15, -0.1) is 0 Å². The predicted molar refractivity (Wildman–Crippen MR) is 105 cm³/mol. The number of nitrogens with zero attached hydrogens (tertiary/aromatic N) is 3. The summed E-state index contributed by atoms with van der Waals surface area (Å²) in [4.78, 5) is 7.19. The van der Waals surface area contributed by atoms with Crippen LogP contribution in [0.5, 0.6) is 0 Å². The van der Waals surface area contributed by atoms with E-state index in [1.54, 1.807) is 0 Å². The molecule has 2 aliphatic rings. The Labute approximate surface area is 163 Å². The molecule has 0 radical (unpaired) electrons. The SMILES string of the molecule is Cc1oc(-c2ccccc2Cl)nc1CN1CCc2[nH]nc(C3CCC3)c2C1. The Kier molecular flexibility index (Phi) is 4.29. The molecule has 1 fully saturated rings. The molecule has 2 aromatic heterocycles. The molecule has 0 amide bonds. The van der Waals surface area contributed by atoms with Crippen LogP contribution in [-0.4, -0.2) is 26.6 Å². The number of oxazole rings is 1. The van der Waals surface area contributed by atoms with Crippen molar-refractivity contribution in [2.24, 2.45) is 0 Å². The molecular weight excluding hydrogens is 360 g/mol. The van der Waals surface area contributed by atoms with Crippen molar-refractivity contribution in [3.05, 3.63) is 57.7 Å². The number of benzene rings is 1. The van der Waals surface area contributed by atoms with Gasteiger partial charge in [0.05, 0.1) is 22.0 Å². The number of aromatic amines is 1. The van der Waals surface area contributed by atoms with E-state index < -0.39 is 0 Å². The molecular formula is C21H23ClN4O. The number of hydrogen-bond acceptors (Lipinski definition) is 4. The molecule has 27 heavy (non-hydrogen) atoms. The minimum absolute atomic E-state index is 0.601. The molecule has 0 bridgehead atoms. The van der Waals surface area contributed by atoms with E-state index >= 15 is 0 Å². The summed E-state index contributed by atoms with van der Waals surface area (Å²) >= 11 is 6.30. The Hall–Kier alpha value is -2.11. The second-order valence-corrected chi connectivity index (χ2v) is 8.06. The highest BCUT2D eigenvalue weighted by molar-refractivity contribution is 6.33. The summed E-state index contributed by atoms with van der Waals surface area (Å²) < 4.78 is 5.93. The van der Waals surface area contributed by atoms with E-state index in [0.717, 1.165) is 43.1 Å². The summed E-state index contributed by atoms with van der Waals surface area (Å²) in [6.45, 7) is 4.71. The fraction of sp³-hybridized carbons (Fsp3) is 0.429. The van der Waals surface area contributed by atoms with Crippen molar-refractivity contribution >= 4 is 11.6 Å². The van der Waals surface area contributed by atoms with Crippen molar-refractivity contribution in [1.29, 1.82) is 0 Å². The van der Waals surface area contributed by atoms with Crippen molar-refractivity contribution in [3.63, 3.8) is 0 Å². The molecule has 0 unspecified atom stereocenters. The number of aryl methyl sites for hydroxylation is 1. The van der Waals surface area contributed by atoms with Gasteiger partial charge >= 0.3 is 0 Å². The normalized spacial score (nSPS) is 17.7. The van der Waals surface area contributed by atoms with Gasteiger partial charge in [0.15, 0.2) is 0 Å². The van der Waals surface area contributed by atoms with Gasteiger partial charge in [0.2, 0.25) is 5.89 Å². The lowest BCUT2D eigenvalue weighted by molar-refractivity contribution is 0.238. The molecule has 5 nitrogen and oxygen atoms in total. The van der Waals surface area contributed by atoms with Crippen molar-refractivity contribution in [2.45, 2.75) is 51.6 Å². The number of hydrogen-bond donors (Lipinski definition) is 1. The molecule has 1 aliphatic carbocycles. The topological polar surface area (TPSA) is 58.0 Å². The molecule has 1 N–H and O–H groups in total. The van der Waals surface area contributed by atoms with Crippen molar-refractivity contribution in [3.8, 4) is 11.5 Å². The summed E-state index contributed by atoms with van der Waals surface area (Å²) in [5.74, 6) is 2.12. The zero-order valence-corrected chi connectivity index (χ0v) is 16.2. The van der Waals surface area contributed by atoms with Crippen LogP contribution in [0.4, 0.5) is 0 Å². The van der Waals surface area contributed by atoms with Crippen LogP contribution in [0.1, 0.15) is 53.6 Å². The maximum Gasteiger partial charge on any atom is 0.228 e. The minimum atomic E-state index is 0.601. The van der Waals surface area contributed by atoms with Crippen LogP contribution in [0.2, 0.25) is 5.02 Å². The maximum absolute atomic E-state index is 6.30. The summed E-state index contributed by atoms with van der Waals surface area (Å²) in [6.07, 6.45) is 4.91. The van der Waals surface area contributed by atoms with Crippen LogP contribution in [0.25, 0.3) is 11.5 Å². The molecule has 3 heterocycles. The van der Waals surface area contributed by atoms with Gasteiger partial charge in [-0.2, -0.15) is 5.10 Å². The molecule has 0 spiro atoms. The molecule has 1 aromatic carbocycles. The van der Waals surface area contributed by atoms with Crippen LogP contribution >= 0.6 is 11.6 Å². The second kappa shape index (κ2) is 6.80. The summed E-state index contributed by atoms with van der Waals surface area (Å²) in [5, 5.41) is 8.57. The van der Waals surface area contributed by atoms with Crippen LogP contribution in [-0.2, 0) is 19.5 Å². The van der Waals surface area contributed by atoms with Crippen LogP contribution in [0.15, 0.2) is 28.7 Å². The van der Waals surface area contributed by atoms with Gasteiger partial charge in [0, 0.05) is 43.2 Å². The zero-order chi connectivity index (χ0) is 18.4. The van der Waals surface area contributed by atoms with Gasteiger partial charge in [-0.25, -0.2) is 4.98 Å². The third-order valence-corrected chi connectivity index (χ3v) is 6.24. The first-order valence-corrected chi connectivity index (χ1v) is 10.1. The largest absolute Gasteiger partial charge is 0.441 e. The summed E-state index contributed by atoms with van der Waals surface area (Å²) in [5.41, 5.74) is 5.87. The maximum atomic E-state index is 6.30. The number of rotatable bonds is 4. The highest BCUT2D eigenvalue weighted by Crippen LogP contribution is 2.39. The van der Waals surface area contributed by atoms with Crippen LogP contribution < -0.4 is 0 Å². The first-order chi connectivity index (χ1) is 13.2. The molecule has 3 aromatic rings. The molecule has 140 valence electrons. The molecule has 0 atom stereocenters. The van der Waals surface area contributed by atoms with Gasteiger partial charge in [-0.05, 0) is 31.9 Å². The molecule has 1 saturated carbocycles. The molecule has 5 rings (SSSR count). The highest BCUT2D eigenvalue weighted by Gasteiger charge is 2.30.